The van der Waals surface area contributed by atoms with Gasteiger partial charge in [-0.25, -0.2) is 4.39 Å². The first kappa shape index (κ1) is 15.5. The molecule has 0 saturated carbocycles. The van der Waals surface area contributed by atoms with Crippen LogP contribution in [0.15, 0.2) is 24.7 Å². The minimum Gasteiger partial charge on any atom is -0.377 e. The van der Waals surface area contributed by atoms with Crippen LogP contribution < -0.4 is 5.32 Å². The van der Waals surface area contributed by atoms with Gasteiger partial charge in [0, 0.05) is 18.4 Å². The summed E-state index contributed by atoms with van der Waals surface area (Å²) in [6.07, 6.45) is 5.30. The summed E-state index contributed by atoms with van der Waals surface area (Å²) in [6.45, 7) is 4.76. The molecule has 1 N–H and O–H groups in total. The average Bonchev–Trinajstić information content (AvgIpc) is 2.95. The number of alkyl halides is 1. The molecule has 0 aliphatic heterocycles. The summed E-state index contributed by atoms with van der Waals surface area (Å²) in [5.74, 6) is 0. The summed E-state index contributed by atoms with van der Waals surface area (Å²) in [4.78, 5) is 0. The lowest BCUT2D eigenvalue weighted by atomic mass is 10.3. The summed E-state index contributed by atoms with van der Waals surface area (Å²) in [5.41, 5.74) is 2.00. The second kappa shape index (κ2) is 7.13. The quantitative estimate of drug-likeness (QED) is 0.888. The third-order valence-corrected chi connectivity index (χ3v) is 2.66. The van der Waals surface area contributed by atoms with E-state index in [2.05, 4.69) is 29.4 Å². The molecule has 0 aliphatic carbocycles. The maximum Gasteiger partial charge on any atom is 0.109 e. The summed E-state index contributed by atoms with van der Waals surface area (Å²) in [6, 6.07) is 2.32. The topological polar surface area (TPSA) is 47.7 Å². The van der Waals surface area contributed by atoms with Gasteiger partial charge in [-0.05, 0) is 19.9 Å². The summed E-state index contributed by atoms with van der Waals surface area (Å²) < 4.78 is 15.7. The van der Waals surface area contributed by atoms with E-state index in [4.69, 9.17) is 0 Å². The molecule has 2 aromatic heterocycles. The first-order valence-corrected chi connectivity index (χ1v) is 6.05. The van der Waals surface area contributed by atoms with Gasteiger partial charge in [0.05, 0.1) is 30.7 Å². The van der Waals surface area contributed by atoms with Crippen LogP contribution in [0.1, 0.15) is 25.6 Å². The maximum absolute atomic E-state index is 12.1. The Kier molecular flexibility index (Phi) is 5.82. The monoisotopic (exact) mass is 287 g/mol. The number of aryl methyl sites for hydroxylation is 1. The van der Waals surface area contributed by atoms with Crippen LogP contribution in [-0.2, 0) is 13.1 Å². The first-order valence-electron chi connectivity index (χ1n) is 6.05. The van der Waals surface area contributed by atoms with E-state index in [-0.39, 0.29) is 12.4 Å². The van der Waals surface area contributed by atoms with Crippen molar-refractivity contribution in [2.45, 2.75) is 33.0 Å². The number of anilines is 1. The van der Waals surface area contributed by atoms with Crippen molar-refractivity contribution in [2.75, 3.05) is 12.0 Å². The molecule has 0 unspecified atom stereocenters. The Bertz CT molecular complexity index is 494. The Morgan fingerprint density at radius 1 is 1.37 bits per heavy atom. The van der Waals surface area contributed by atoms with Crippen molar-refractivity contribution in [3.63, 3.8) is 0 Å². The average molecular weight is 288 g/mol. The van der Waals surface area contributed by atoms with Crippen LogP contribution in [0.4, 0.5) is 10.1 Å². The van der Waals surface area contributed by atoms with Crippen molar-refractivity contribution in [1.82, 2.24) is 19.6 Å². The van der Waals surface area contributed by atoms with Gasteiger partial charge in [-0.2, -0.15) is 10.2 Å². The zero-order valence-electron chi connectivity index (χ0n) is 11.1. The zero-order valence-corrected chi connectivity index (χ0v) is 11.9. The van der Waals surface area contributed by atoms with Gasteiger partial charge < -0.3 is 5.32 Å². The molecule has 2 rings (SSSR count). The molecule has 7 heteroatoms. The molecule has 0 spiro atoms. The SMILES string of the molecule is CC(C)n1nccc1CNc1cnn(CCF)c1.Cl. The van der Waals surface area contributed by atoms with Crippen molar-refractivity contribution in [1.29, 1.82) is 0 Å². The lowest BCUT2D eigenvalue weighted by Crippen LogP contribution is -2.10. The third-order valence-electron chi connectivity index (χ3n) is 2.66. The smallest absolute Gasteiger partial charge is 0.109 e. The number of rotatable bonds is 6. The molecule has 106 valence electrons. The van der Waals surface area contributed by atoms with Crippen molar-refractivity contribution in [2.24, 2.45) is 0 Å². The fourth-order valence-corrected chi connectivity index (χ4v) is 1.80. The molecule has 0 amide bonds. The van der Waals surface area contributed by atoms with Gasteiger partial charge in [0.25, 0.3) is 0 Å². The van der Waals surface area contributed by atoms with Crippen LogP contribution in [0.3, 0.4) is 0 Å². The molecular weight excluding hydrogens is 269 g/mol. The molecule has 0 saturated heterocycles. The lowest BCUT2D eigenvalue weighted by molar-refractivity contribution is 0.427. The Labute approximate surface area is 118 Å². The molecule has 0 aromatic carbocycles. The second-order valence-corrected chi connectivity index (χ2v) is 4.40. The summed E-state index contributed by atoms with van der Waals surface area (Å²) in [5, 5.41) is 11.6. The van der Waals surface area contributed by atoms with E-state index in [1.54, 1.807) is 23.3 Å². The van der Waals surface area contributed by atoms with Gasteiger partial charge in [-0.1, -0.05) is 0 Å². The number of nitrogens with one attached hydrogen (secondary N) is 1. The van der Waals surface area contributed by atoms with Gasteiger partial charge in [-0.15, -0.1) is 12.4 Å². The van der Waals surface area contributed by atoms with Gasteiger partial charge >= 0.3 is 0 Å². The Hall–Kier alpha value is -1.56. The highest BCUT2D eigenvalue weighted by Gasteiger charge is 2.06. The Morgan fingerprint density at radius 3 is 2.84 bits per heavy atom. The molecule has 0 radical (unpaired) electrons. The van der Waals surface area contributed by atoms with Crippen LogP contribution in [0.5, 0.6) is 0 Å². The highest BCUT2D eigenvalue weighted by atomic mass is 35.5. The normalized spacial score (nSPS) is 10.5. The van der Waals surface area contributed by atoms with E-state index in [1.165, 1.54) is 0 Å². The minimum absolute atomic E-state index is 0. The van der Waals surface area contributed by atoms with E-state index in [0.29, 0.717) is 19.1 Å². The molecule has 2 heterocycles. The largest absolute Gasteiger partial charge is 0.377 e. The van der Waals surface area contributed by atoms with Gasteiger partial charge in [0.1, 0.15) is 6.67 Å². The minimum atomic E-state index is -0.402. The molecule has 0 atom stereocenters. The third kappa shape index (κ3) is 3.96. The maximum atomic E-state index is 12.1. The predicted molar refractivity (Wildman–Crippen MR) is 75.4 cm³/mol. The first-order chi connectivity index (χ1) is 8.70. The Morgan fingerprint density at radius 2 is 2.16 bits per heavy atom. The highest BCUT2D eigenvalue weighted by Crippen LogP contribution is 2.11. The lowest BCUT2D eigenvalue weighted by Gasteiger charge is -2.11. The van der Waals surface area contributed by atoms with Gasteiger partial charge in [0.2, 0.25) is 0 Å². The van der Waals surface area contributed by atoms with Crippen LogP contribution in [0, 0.1) is 0 Å². The van der Waals surface area contributed by atoms with Gasteiger partial charge in [-0.3, -0.25) is 9.36 Å². The molecule has 0 bridgehead atoms. The summed E-state index contributed by atoms with van der Waals surface area (Å²) >= 11 is 0. The number of hydrogen-bond acceptors (Lipinski definition) is 3. The summed E-state index contributed by atoms with van der Waals surface area (Å²) in [7, 11) is 0. The van der Waals surface area contributed by atoms with Crippen molar-refractivity contribution in [3.8, 4) is 0 Å². The number of hydrogen-bond donors (Lipinski definition) is 1. The van der Waals surface area contributed by atoms with Crippen molar-refractivity contribution >= 4 is 18.1 Å². The van der Waals surface area contributed by atoms with E-state index in [9.17, 15) is 4.39 Å². The van der Waals surface area contributed by atoms with Gasteiger partial charge in [0.15, 0.2) is 0 Å². The van der Waals surface area contributed by atoms with Crippen molar-refractivity contribution < 1.29 is 4.39 Å². The molecular formula is C12H19ClFN5. The van der Waals surface area contributed by atoms with E-state index >= 15 is 0 Å². The molecule has 0 aliphatic rings. The van der Waals surface area contributed by atoms with E-state index < -0.39 is 6.67 Å². The number of halogens is 2. The second-order valence-electron chi connectivity index (χ2n) is 4.40. The number of aromatic nitrogens is 4. The molecule has 2 aromatic rings. The predicted octanol–water partition coefficient (Wildman–Crippen LogP) is 2.66. The van der Waals surface area contributed by atoms with E-state index in [1.807, 2.05) is 10.7 Å². The fourth-order valence-electron chi connectivity index (χ4n) is 1.80. The Balaban J connectivity index is 0.00000180. The van der Waals surface area contributed by atoms with Crippen molar-refractivity contribution in [3.05, 3.63) is 30.4 Å². The van der Waals surface area contributed by atoms with E-state index in [0.717, 1.165) is 11.4 Å². The van der Waals surface area contributed by atoms with Crippen LogP contribution in [0.25, 0.3) is 0 Å². The standard InChI is InChI=1S/C12H18FN5.ClH/c1-10(2)18-12(3-5-15-18)8-14-11-7-16-17(9-11)6-4-13;/h3,5,7,9-10,14H,4,6,8H2,1-2H3;1H. The molecule has 0 fully saturated rings. The van der Waals surface area contributed by atoms with Crippen LogP contribution in [-0.4, -0.2) is 26.2 Å². The molecule has 5 nitrogen and oxygen atoms in total. The molecule has 19 heavy (non-hydrogen) atoms. The zero-order chi connectivity index (χ0) is 13.0. The fraction of sp³-hybridized carbons (Fsp3) is 0.500. The number of nitrogens with zero attached hydrogens (tertiary/aromatic N) is 4. The van der Waals surface area contributed by atoms with Crippen LogP contribution >= 0.6 is 12.4 Å². The highest BCUT2D eigenvalue weighted by molar-refractivity contribution is 5.85. The van der Waals surface area contributed by atoms with Crippen LogP contribution in [0.2, 0.25) is 0 Å².